The zero-order valence-corrected chi connectivity index (χ0v) is 84.6. The van der Waals surface area contributed by atoms with Gasteiger partial charge in [-0.2, -0.15) is 15.3 Å². The monoisotopic (exact) mass is 2000 g/mol. The van der Waals surface area contributed by atoms with Crippen molar-refractivity contribution in [2.75, 3.05) is 198 Å². The molecule has 15 rings (SSSR count). The van der Waals surface area contributed by atoms with E-state index in [0.29, 0.717) is 181 Å². The van der Waals surface area contributed by atoms with E-state index in [1.54, 1.807) is 75.4 Å². The normalized spacial score (nSPS) is 17.4. The quantitative estimate of drug-likeness (QED) is 0.0261. The summed E-state index contributed by atoms with van der Waals surface area (Å²) in [5.41, 5.74) is 9.11. The average Bonchev–Trinajstić information content (AvgIpc) is 1.81. The smallest absolute Gasteiger partial charge is 0.274 e. The Morgan fingerprint density at radius 3 is 1.04 bits per heavy atom. The van der Waals surface area contributed by atoms with Crippen LogP contribution in [0.4, 0.5) is 17.6 Å². The molecule has 742 valence electrons. The van der Waals surface area contributed by atoms with Gasteiger partial charge in [0.15, 0.2) is 0 Å². The highest BCUT2D eigenvalue weighted by molar-refractivity contribution is 8.00. The number of hydrogen-bond donors (Lipinski definition) is 3. The number of aromatic amines is 3. The molecule has 0 bridgehead atoms. The third-order valence-electron chi connectivity index (χ3n) is 25.6. The number of H-pyrrole nitrogens is 3. The van der Waals surface area contributed by atoms with Crippen LogP contribution in [0.25, 0.3) is 0 Å². The van der Waals surface area contributed by atoms with Crippen molar-refractivity contribution in [1.29, 1.82) is 0 Å². The van der Waals surface area contributed by atoms with E-state index in [0.717, 1.165) is 130 Å². The van der Waals surface area contributed by atoms with E-state index in [4.69, 9.17) is 34.8 Å². The average molecular weight is 2010 g/mol. The summed E-state index contributed by atoms with van der Waals surface area (Å²) in [6, 6.07) is 35.0. The van der Waals surface area contributed by atoms with E-state index >= 15 is 0 Å². The van der Waals surface area contributed by atoms with Crippen molar-refractivity contribution in [2.45, 2.75) is 100 Å². The van der Waals surface area contributed by atoms with Gasteiger partial charge in [0.1, 0.15) is 40.4 Å². The van der Waals surface area contributed by atoms with Crippen LogP contribution < -0.4 is 0 Å². The molecule has 5 saturated heterocycles. The molecule has 5 amide bonds. The van der Waals surface area contributed by atoms with Gasteiger partial charge in [-0.05, 0) is 211 Å². The fourth-order valence-corrected chi connectivity index (χ4v) is 21.6. The lowest BCUT2D eigenvalue weighted by atomic mass is 9.93. The number of likely N-dealkylation sites (tertiary alicyclic amines) is 1. The second-order valence-electron chi connectivity index (χ2n) is 36.0. The van der Waals surface area contributed by atoms with Gasteiger partial charge in [-0.25, -0.2) is 17.6 Å². The standard InChI is InChI=1S/C22H29Cl2N3O.C20H25F2N3O2S.C20H28FN5O.C19H25ClN4O2S.C19H25FN4O2S/c1-3-26-10-7-17(8-11-26)9-12-27(22(28)18-13-16(2)25-14-18)15-19-20(23)5-4-6-21(19)24;1-15-12-16(13-23-15)20(26)25(14-17-18(21)4-3-5-19(17)22)7-6-24-8-10-28(2,27)11-9-24;1-3-24-8-10-25(11-9-24)12-13-26(15-17-6-4-5-7-18(17)21)20(27)19-14-16(2)22-23-19;2*1-15-13-18(22-21-15)19(25)24(14-16-5-3-4-6-17(16)20)8-7-23-9-11-27(2,26)12-10-23/h4-6,13,17H,3,7-12,14-15H2,1-2H3;3-5,12H,2,6-11,13-14H2,1H3;4-7,14H,3,8-13,15H2,1-2H3,(H,22,23);2*3-6,13H,2,7-12,14H2,1H3,(H,21,22). The molecule has 5 fully saturated rings. The first-order valence-corrected chi connectivity index (χ1v) is 54.1. The number of rotatable bonds is 32. The zero-order chi connectivity index (χ0) is 98.5. The first-order valence-electron chi connectivity index (χ1n) is 46.8. The summed E-state index contributed by atoms with van der Waals surface area (Å²) >= 11 is 19.0. The number of nitrogens with zero attached hydrogens (tertiary/aromatic N) is 16. The summed E-state index contributed by atoms with van der Waals surface area (Å²) in [6.45, 7) is 33.6. The van der Waals surface area contributed by atoms with E-state index in [2.05, 4.69) is 101 Å². The van der Waals surface area contributed by atoms with E-state index < -0.39 is 40.2 Å². The van der Waals surface area contributed by atoms with Crippen molar-refractivity contribution in [3.8, 4) is 0 Å². The van der Waals surface area contributed by atoms with Crippen LogP contribution in [0, 0.1) is 50.0 Å². The molecule has 0 saturated carbocycles. The van der Waals surface area contributed by atoms with Crippen molar-refractivity contribution in [2.24, 2.45) is 15.9 Å². The molecular formula is C100H132Cl3F4N19O8S3. The maximum Gasteiger partial charge on any atom is 0.274 e. The maximum atomic E-state index is 14.1. The van der Waals surface area contributed by atoms with E-state index in [1.807, 2.05) is 88.1 Å². The predicted octanol–water partition coefficient (Wildman–Crippen LogP) is 12.3. The molecule has 7 aliphatic heterocycles. The predicted molar refractivity (Wildman–Crippen MR) is 547 cm³/mol. The number of nitrogens with one attached hydrogen (secondary N) is 3. The fourth-order valence-electron chi connectivity index (χ4n) is 16.7. The molecule has 0 unspecified atom stereocenters. The van der Waals surface area contributed by atoms with Gasteiger partial charge in [0.05, 0.1) is 19.6 Å². The molecule has 0 atom stereocenters. The highest BCUT2D eigenvalue weighted by atomic mass is 35.5. The van der Waals surface area contributed by atoms with Crippen LogP contribution >= 0.6 is 34.8 Å². The Bertz CT molecular complexity index is 5690. The molecule has 0 radical (unpaired) electrons. The number of aromatic nitrogens is 6. The number of carbonyl (C=O) groups excluding carboxylic acids is 5. The summed E-state index contributed by atoms with van der Waals surface area (Å²) in [4.78, 5) is 95.8. The van der Waals surface area contributed by atoms with Gasteiger partial charge in [-0.15, -0.1) is 0 Å². The molecule has 0 spiro atoms. The maximum absolute atomic E-state index is 14.1. The van der Waals surface area contributed by atoms with Crippen LogP contribution in [-0.4, -0.2) is 354 Å². The molecule has 137 heavy (non-hydrogen) atoms. The topological polar surface area (TPSA) is 283 Å². The molecule has 3 aromatic heterocycles. The van der Waals surface area contributed by atoms with Crippen molar-refractivity contribution in [1.82, 2.24) is 84.5 Å². The molecule has 5 aromatic carbocycles. The number of benzene rings is 5. The molecule has 8 aromatic rings. The Balaban J connectivity index is 0.000000164. The summed E-state index contributed by atoms with van der Waals surface area (Å²) in [6.07, 6.45) is 7.02. The number of halogens is 7. The van der Waals surface area contributed by atoms with Gasteiger partial charge < -0.3 is 34.3 Å². The van der Waals surface area contributed by atoms with Gasteiger partial charge in [0.25, 0.3) is 29.5 Å². The fraction of sp³-hybridized carbons (Fsp3) is 0.470. The second kappa shape index (κ2) is 52.0. The summed E-state index contributed by atoms with van der Waals surface area (Å²) < 4.78 is 92.5. The molecule has 7 aliphatic rings. The van der Waals surface area contributed by atoms with Gasteiger partial charge in [-0.3, -0.25) is 81.5 Å². The van der Waals surface area contributed by atoms with E-state index in [9.17, 15) is 54.2 Å². The van der Waals surface area contributed by atoms with Gasteiger partial charge in [-0.1, -0.05) is 115 Å². The first-order chi connectivity index (χ1) is 65.5. The first kappa shape index (κ1) is 108. The van der Waals surface area contributed by atoms with Gasteiger partial charge in [0.2, 0.25) is 0 Å². The molecule has 27 nitrogen and oxygen atoms in total. The number of aryl methyl sites for hydroxylation is 3. The molecule has 3 N–H and O–H groups in total. The highest BCUT2D eigenvalue weighted by Gasteiger charge is 2.32. The third-order valence-corrected chi connectivity index (χ3v) is 32.2. The van der Waals surface area contributed by atoms with Crippen molar-refractivity contribution in [3.05, 3.63) is 251 Å². The summed E-state index contributed by atoms with van der Waals surface area (Å²) in [5.74, 6) is 12.7. The SMILES string of the molecule is C=S1(=O)CCN(CCN(Cc2c(F)cccc2F)C(=O)C2=CC(C)=NC2)CC1.C=S1(=O)CCN(CCN(Cc2ccccc2Cl)C(=O)c2cc(C)[nH]n2)CC1.C=S1(=O)CCN(CCN(Cc2ccccc2F)C(=O)c2cc(C)[nH]n2)CC1.CCN1CCC(CCN(Cc2c(Cl)cccc2Cl)C(=O)C2=CC(C)=NC2)CC1.CCN1CCN(CCN(Cc2ccccc2F)C(=O)c2cc(C)[nH]n2)CC1. The minimum absolute atomic E-state index is 0.0441. The van der Waals surface area contributed by atoms with Crippen molar-refractivity contribution >= 4 is 122 Å². The third kappa shape index (κ3) is 33.5. The van der Waals surface area contributed by atoms with Gasteiger partial charge in [0, 0.05) is 262 Å². The summed E-state index contributed by atoms with van der Waals surface area (Å²) in [7, 11) is -5.86. The number of likely N-dealkylation sites (N-methyl/N-ethyl adjacent to an activating group) is 1. The largest absolute Gasteiger partial charge is 0.334 e. The number of piperazine rings is 1. The van der Waals surface area contributed by atoms with Crippen LogP contribution in [-0.2, 0) is 70.9 Å². The lowest BCUT2D eigenvalue weighted by Crippen LogP contribution is -2.48. The Labute approximate surface area is 820 Å². The Morgan fingerprint density at radius 1 is 0.380 bits per heavy atom. The minimum Gasteiger partial charge on any atom is -0.334 e. The van der Waals surface area contributed by atoms with Crippen LogP contribution in [0.2, 0.25) is 15.1 Å². The molecule has 37 heteroatoms. The van der Waals surface area contributed by atoms with Gasteiger partial charge >= 0.3 is 0 Å². The Kier molecular flexibility index (Phi) is 40.9. The van der Waals surface area contributed by atoms with Crippen molar-refractivity contribution < 1.29 is 54.2 Å². The highest BCUT2D eigenvalue weighted by Crippen LogP contribution is 2.30. The molecular weight excluding hydrogens is 1870 g/mol. The van der Waals surface area contributed by atoms with Crippen LogP contribution in [0.15, 0.2) is 161 Å². The van der Waals surface area contributed by atoms with Crippen LogP contribution in [0.3, 0.4) is 0 Å². The molecule has 0 aliphatic carbocycles. The lowest BCUT2D eigenvalue weighted by molar-refractivity contribution is -0.128. The zero-order valence-electron chi connectivity index (χ0n) is 79.8. The summed E-state index contributed by atoms with van der Waals surface area (Å²) in [5, 5.41) is 22.5. The number of piperidine rings is 1. The Hall–Kier alpha value is -9.69. The number of amides is 5. The number of allylic oxidation sites excluding steroid dienone is 2. The van der Waals surface area contributed by atoms with Crippen LogP contribution in [0.1, 0.15) is 123 Å². The van der Waals surface area contributed by atoms with Crippen molar-refractivity contribution in [3.63, 3.8) is 0 Å². The minimum atomic E-state index is -2.00. The number of carbonyl (C=O) groups is 5. The number of aliphatic imine (C=N–C) groups is 2. The molecule has 10 heterocycles. The van der Waals surface area contributed by atoms with E-state index in [1.165, 1.54) is 48.1 Å². The Morgan fingerprint density at radius 2 is 0.686 bits per heavy atom. The van der Waals surface area contributed by atoms with E-state index in [-0.39, 0.29) is 72.9 Å². The van der Waals surface area contributed by atoms with Crippen LogP contribution in [0.5, 0.6) is 0 Å². The number of hydrogen-bond acceptors (Lipinski definition) is 19. The lowest BCUT2D eigenvalue weighted by Gasteiger charge is -2.35. The second-order valence-corrected chi connectivity index (χ2v) is 45.4.